The first-order chi connectivity index (χ1) is 11.2. The first-order valence-corrected chi connectivity index (χ1v) is 9.05. The van der Waals surface area contributed by atoms with Crippen molar-refractivity contribution in [3.8, 4) is 0 Å². The summed E-state index contributed by atoms with van der Waals surface area (Å²) in [5, 5.41) is 16.6. The number of thiazole rings is 1. The molecule has 2 fully saturated rings. The van der Waals surface area contributed by atoms with E-state index >= 15 is 0 Å². The smallest absolute Gasteiger partial charge is 0.372 e. The predicted octanol–water partition coefficient (Wildman–Crippen LogP) is 3.60. The molecule has 1 aliphatic heterocycles. The first-order valence-electron chi connectivity index (χ1n) is 8.17. The summed E-state index contributed by atoms with van der Waals surface area (Å²) in [7, 11) is 0. The molecule has 1 saturated heterocycles. The number of hydrogen-bond donors (Lipinski definition) is 1. The standard InChI is InChI=1S/C15H20N4O3S/c20-19(21)13-12(17-14-18(13)7-9-23-14)16-11-4-8-22-15(10-11)5-2-1-3-6-15/h7,9,11,16H,1-6,8,10H2. The Labute approximate surface area is 137 Å². The number of fused-ring (bicyclic) bond motifs is 1. The van der Waals surface area contributed by atoms with Crippen molar-refractivity contribution >= 4 is 27.9 Å². The van der Waals surface area contributed by atoms with Gasteiger partial charge in [0.1, 0.15) is 6.20 Å². The third-order valence-corrected chi connectivity index (χ3v) is 5.77. The Kier molecular flexibility index (Phi) is 3.73. The molecule has 0 aromatic carbocycles. The van der Waals surface area contributed by atoms with E-state index in [1.165, 1.54) is 30.6 Å². The molecule has 2 aliphatic rings. The molecule has 3 heterocycles. The lowest BCUT2D eigenvalue weighted by Crippen LogP contribution is -2.45. The Bertz CT molecular complexity index is 714. The molecule has 124 valence electrons. The van der Waals surface area contributed by atoms with E-state index in [4.69, 9.17) is 4.74 Å². The monoisotopic (exact) mass is 336 g/mol. The van der Waals surface area contributed by atoms with Gasteiger partial charge in [0.2, 0.25) is 5.82 Å². The van der Waals surface area contributed by atoms with Gasteiger partial charge >= 0.3 is 5.82 Å². The number of ether oxygens (including phenoxy) is 1. The minimum atomic E-state index is -0.356. The van der Waals surface area contributed by atoms with Crippen molar-refractivity contribution in [3.05, 3.63) is 21.7 Å². The number of rotatable bonds is 3. The molecule has 7 nitrogen and oxygen atoms in total. The normalized spacial score (nSPS) is 24.1. The fourth-order valence-electron chi connectivity index (χ4n) is 3.93. The molecule has 0 bridgehead atoms. The summed E-state index contributed by atoms with van der Waals surface area (Å²) in [6.45, 7) is 0.716. The topological polar surface area (TPSA) is 81.7 Å². The highest BCUT2D eigenvalue weighted by Gasteiger charge is 2.39. The molecule has 1 spiro atoms. The van der Waals surface area contributed by atoms with Gasteiger partial charge < -0.3 is 20.2 Å². The van der Waals surface area contributed by atoms with Gasteiger partial charge in [0, 0.05) is 18.0 Å². The molecule has 1 saturated carbocycles. The van der Waals surface area contributed by atoms with E-state index in [0.717, 1.165) is 25.7 Å². The lowest BCUT2D eigenvalue weighted by atomic mass is 9.78. The quantitative estimate of drug-likeness (QED) is 0.684. The number of hydrogen-bond acceptors (Lipinski definition) is 6. The van der Waals surface area contributed by atoms with Crippen LogP contribution in [0.25, 0.3) is 4.96 Å². The Morgan fingerprint density at radius 1 is 1.43 bits per heavy atom. The van der Waals surface area contributed by atoms with E-state index < -0.39 is 0 Å². The van der Waals surface area contributed by atoms with Crippen LogP contribution in [0.15, 0.2) is 11.6 Å². The van der Waals surface area contributed by atoms with Crippen LogP contribution in [0.5, 0.6) is 0 Å². The minimum absolute atomic E-state index is 0.0277. The highest BCUT2D eigenvalue weighted by Crippen LogP contribution is 2.40. The van der Waals surface area contributed by atoms with Gasteiger partial charge in [-0.3, -0.25) is 0 Å². The average molecular weight is 336 g/mol. The first kappa shape index (κ1) is 14.9. The number of anilines is 1. The molecule has 1 unspecified atom stereocenters. The molecule has 0 radical (unpaired) electrons. The number of aromatic nitrogens is 2. The lowest BCUT2D eigenvalue weighted by molar-refractivity contribution is -0.389. The molecule has 2 aromatic rings. The van der Waals surface area contributed by atoms with E-state index in [9.17, 15) is 10.1 Å². The fourth-order valence-corrected chi connectivity index (χ4v) is 4.64. The summed E-state index contributed by atoms with van der Waals surface area (Å²) in [5.74, 6) is 0.421. The number of imidazole rings is 1. The van der Waals surface area contributed by atoms with E-state index in [1.54, 1.807) is 10.6 Å². The SMILES string of the molecule is O=[N+]([O-])c1c(NC2CCOC3(CCCCC3)C2)nc2sccn12. The summed E-state index contributed by atoms with van der Waals surface area (Å²) < 4.78 is 7.64. The third-order valence-electron chi connectivity index (χ3n) is 5.01. The van der Waals surface area contributed by atoms with Crippen molar-refractivity contribution in [2.24, 2.45) is 0 Å². The van der Waals surface area contributed by atoms with Crippen molar-refractivity contribution in [1.29, 1.82) is 0 Å². The number of nitrogens with one attached hydrogen (secondary N) is 1. The van der Waals surface area contributed by atoms with Gasteiger partial charge in [-0.25, -0.2) is 0 Å². The molecule has 2 aromatic heterocycles. The zero-order valence-corrected chi connectivity index (χ0v) is 13.7. The molecule has 8 heteroatoms. The van der Waals surface area contributed by atoms with Crippen LogP contribution in [0, 0.1) is 10.1 Å². The average Bonchev–Trinajstić information content (AvgIpc) is 3.08. The van der Waals surface area contributed by atoms with Crippen LogP contribution >= 0.6 is 11.3 Å². The summed E-state index contributed by atoms with van der Waals surface area (Å²) in [6, 6.07) is 0.185. The van der Waals surface area contributed by atoms with Crippen LogP contribution in [0.4, 0.5) is 11.6 Å². The van der Waals surface area contributed by atoms with Crippen molar-refractivity contribution in [2.45, 2.75) is 56.6 Å². The van der Waals surface area contributed by atoms with Crippen molar-refractivity contribution in [2.75, 3.05) is 11.9 Å². The van der Waals surface area contributed by atoms with Crippen molar-refractivity contribution in [1.82, 2.24) is 9.38 Å². The van der Waals surface area contributed by atoms with Gasteiger partial charge in [0.25, 0.3) is 4.96 Å². The van der Waals surface area contributed by atoms with Gasteiger partial charge in [-0.05, 0) is 30.6 Å². The predicted molar refractivity (Wildman–Crippen MR) is 88.1 cm³/mol. The summed E-state index contributed by atoms with van der Waals surface area (Å²) in [5.41, 5.74) is -0.0277. The number of nitro groups is 1. The molecule has 23 heavy (non-hydrogen) atoms. The maximum atomic E-state index is 11.4. The molecule has 1 N–H and O–H groups in total. The van der Waals surface area contributed by atoms with Gasteiger partial charge in [-0.2, -0.15) is 9.38 Å². The van der Waals surface area contributed by atoms with Gasteiger partial charge in [0.05, 0.1) is 5.60 Å². The Hall–Kier alpha value is -1.67. The van der Waals surface area contributed by atoms with Crippen LogP contribution in [-0.4, -0.2) is 32.6 Å². The van der Waals surface area contributed by atoms with Crippen LogP contribution in [0.1, 0.15) is 44.9 Å². The minimum Gasteiger partial charge on any atom is -0.375 e. The van der Waals surface area contributed by atoms with Gasteiger partial charge in [-0.15, -0.1) is 0 Å². The zero-order valence-electron chi connectivity index (χ0n) is 12.9. The van der Waals surface area contributed by atoms with Crippen LogP contribution in [-0.2, 0) is 4.74 Å². The Balaban J connectivity index is 1.56. The Morgan fingerprint density at radius 2 is 2.26 bits per heavy atom. The third kappa shape index (κ3) is 2.70. The highest BCUT2D eigenvalue weighted by atomic mass is 32.1. The highest BCUT2D eigenvalue weighted by molar-refractivity contribution is 7.15. The second-order valence-corrected chi connectivity index (χ2v) is 7.40. The maximum absolute atomic E-state index is 11.4. The lowest BCUT2D eigenvalue weighted by Gasteiger charge is -2.43. The molecule has 4 rings (SSSR count). The summed E-state index contributed by atoms with van der Waals surface area (Å²) >= 11 is 1.41. The van der Waals surface area contributed by atoms with Crippen LogP contribution < -0.4 is 5.32 Å². The molecular formula is C15H20N4O3S. The maximum Gasteiger partial charge on any atom is 0.372 e. The summed E-state index contributed by atoms with van der Waals surface area (Å²) in [4.78, 5) is 16.1. The van der Waals surface area contributed by atoms with E-state index in [-0.39, 0.29) is 22.4 Å². The molecule has 1 aliphatic carbocycles. The Morgan fingerprint density at radius 3 is 3.04 bits per heavy atom. The fraction of sp³-hybridized carbons (Fsp3) is 0.667. The van der Waals surface area contributed by atoms with E-state index in [0.29, 0.717) is 17.4 Å². The van der Waals surface area contributed by atoms with Gasteiger partial charge in [0.15, 0.2) is 0 Å². The molecule has 0 amide bonds. The molecular weight excluding hydrogens is 316 g/mol. The van der Waals surface area contributed by atoms with E-state index in [1.807, 2.05) is 5.38 Å². The number of nitrogens with zero attached hydrogens (tertiary/aromatic N) is 3. The van der Waals surface area contributed by atoms with Crippen molar-refractivity contribution < 1.29 is 9.66 Å². The van der Waals surface area contributed by atoms with Crippen molar-refractivity contribution in [3.63, 3.8) is 0 Å². The largest absolute Gasteiger partial charge is 0.375 e. The van der Waals surface area contributed by atoms with Gasteiger partial charge in [-0.1, -0.05) is 30.6 Å². The van der Waals surface area contributed by atoms with Crippen LogP contribution in [0.3, 0.4) is 0 Å². The second-order valence-electron chi connectivity index (χ2n) is 6.52. The summed E-state index contributed by atoms with van der Waals surface area (Å²) in [6.07, 6.45) is 9.39. The second kappa shape index (κ2) is 5.76. The van der Waals surface area contributed by atoms with Crippen LogP contribution in [0.2, 0.25) is 0 Å². The van der Waals surface area contributed by atoms with E-state index in [2.05, 4.69) is 10.3 Å². The zero-order chi connectivity index (χ0) is 15.9. The molecule has 1 atom stereocenters.